The molecule has 1 N–H and O–H groups in total. The third-order valence-corrected chi connectivity index (χ3v) is 3.44. The second kappa shape index (κ2) is 6.48. The molecule has 0 unspecified atom stereocenters. The average Bonchev–Trinajstić information content (AvgIpc) is 2.89. The van der Waals surface area contributed by atoms with Crippen LogP contribution in [0.5, 0.6) is 0 Å². The lowest BCUT2D eigenvalue weighted by Gasteiger charge is -2.10. The van der Waals surface area contributed by atoms with E-state index in [-0.39, 0.29) is 5.91 Å². The number of pyridine rings is 1. The second-order valence-electron chi connectivity index (χ2n) is 4.90. The number of nitrogens with zero attached hydrogens (tertiary/aromatic N) is 1. The molecule has 0 fully saturated rings. The van der Waals surface area contributed by atoms with Crippen molar-refractivity contribution in [2.75, 3.05) is 0 Å². The maximum Gasteiger partial charge on any atom is 0.220 e. The molecule has 0 bridgehead atoms. The zero-order chi connectivity index (χ0) is 13.7. The van der Waals surface area contributed by atoms with E-state index < -0.39 is 0 Å². The molecule has 2 aromatic heterocycles. The maximum atomic E-state index is 11.7. The van der Waals surface area contributed by atoms with Crippen LogP contribution in [0.15, 0.2) is 35.2 Å². The molecule has 0 aromatic carbocycles. The molecule has 0 aliphatic heterocycles. The number of hydrogen-bond donors (Lipinski definition) is 1. The van der Waals surface area contributed by atoms with Gasteiger partial charge < -0.3 is 5.32 Å². The van der Waals surface area contributed by atoms with Crippen LogP contribution >= 0.6 is 11.3 Å². The lowest BCUT2D eigenvalue weighted by molar-refractivity contribution is -0.121. The van der Waals surface area contributed by atoms with E-state index in [2.05, 4.69) is 15.7 Å². The summed E-state index contributed by atoms with van der Waals surface area (Å²) < 4.78 is 0. The highest BCUT2D eigenvalue weighted by molar-refractivity contribution is 7.08. The number of nitrogens with one attached hydrogen (secondary N) is 1. The summed E-state index contributed by atoms with van der Waals surface area (Å²) in [6.45, 7) is 4.62. The van der Waals surface area contributed by atoms with Crippen LogP contribution in [0, 0.1) is 5.92 Å². The normalized spacial score (nSPS) is 10.7. The summed E-state index contributed by atoms with van der Waals surface area (Å²) in [5.74, 6) is 0.473. The van der Waals surface area contributed by atoms with Gasteiger partial charge in [-0.2, -0.15) is 11.3 Å². The minimum atomic E-state index is 0.0927. The summed E-state index contributed by atoms with van der Waals surface area (Å²) in [5, 5.41) is 7.06. The smallest absolute Gasteiger partial charge is 0.220 e. The van der Waals surface area contributed by atoms with Gasteiger partial charge in [-0.3, -0.25) is 9.78 Å². The van der Waals surface area contributed by atoms with Crippen molar-refractivity contribution in [1.82, 2.24) is 10.3 Å². The van der Waals surface area contributed by atoms with Gasteiger partial charge in [0.1, 0.15) is 0 Å². The van der Waals surface area contributed by atoms with Crippen molar-refractivity contribution >= 4 is 17.2 Å². The van der Waals surface area contributed by atoms with Crippen molar-refractivity contribution in [2.24, 2.45) is 5.92 Å². The van der Waals surface area contributed by atoms with E-state index >= 15 is 0 Å². The number of hydrogen-bond acceptors (Lipinski definition) is 3. The summed E-state index contributed by atoms with van der Waals surface area (Å²) in [4.78, 5) is 16.1. The molecule has 2 rings (SSSR count). The van der Waals surface area contributed by atoms with Gasteiger partial charge in [0, 0.05) is 30.1 Å². The summed E-state index contributed by atoms with van der Waals surface area (Å²) >= 11 is 1.65. The number of thiophene rings is 1. The molecule has 0 atom stereocenters. The average molecular weight is 274 g/mol. The zero-order valence-corrected chi connectivity index (χ0v) is 12.0. The Hall–Kier alpha value is -1.68. The van der Waals surface area contributed by atoms with E-state index in [0.29, 0.717) is 18.9 Å². The van der Waals surface area contributed by atoms with Crippen LogP contribution in [-0.4, -0.2) is 10.9 Å². The van der Waals surface area contributed by atoms with Crippen molar-refractivity contribution in [1.29, 1.82) is 0 Å². The number of amides is 1. The maximum absolute atomic E-state index is 11.7. The number of rotatable bonds is 5. The third kappa shape index (κ3) is 3.89. The molecule has 19 heavy (non-hydrogen) atoms. The van der Waals surface area contributed by atoms with Crippen LogP contribution in [0.25, 0.3) is 11.3 Å². The molecule has 100 valence electrons. The summed E-state index contributed by atoms with van der Waals surface area (Å²) in [5.41, 5.74) is 3.12. The van der Waals surface area contributed by atoms with Gasteiger partial charge in [0.25, 0.3) is 0 Å². The largest absolute Gasteiger partial charge is 0.352 e. The first-order valence-electron chi connectivity index (χ1n) is 6.40. The van der Waals surface area contributed by atoms with Crippen LogP contribution in [0.2, 0.25) is 0 Å². The molecular weight excluding hydrogens is 256 g/mol. The highest BCUT2D eigenvalue weighted by atomic mass is 32.1. The van der Waals surface area contributed by atoms with Crippen molar-refractivity contribution in [3.8, 4) is 11.3 Å². The van der Waals surface area contributed by atoms with E-state index in [1.165, 1.54) is 0 Å². The standard InChI is InChI=1S/C15H18N2OS/c1-11(2)8-14(18)17-9-12-4-3-6-16-15(12)13-5-7-19-10-13/h3-7,10-11H,8-9H2,1-2H3,(H,17,18). The lowest BCUT2D eigenvalue weighted by Crippen LogP contribution is -2.24. The fraction of sp³-hybridized carbons (Fsp3) is 0.333. The minimum Gasteiger partial charge on any atom is -0.352 e. The Labute approximate surface area is 117 Å². The van der Waals surface area contributed by atoms with Crippen LogP contribution < -0.4 is 5.32 Å². The molecule has 0 spiro atoms. The van der Waals surface area contributed by atoms with Gasteiger partial charge in [-0.05, 0) is 29.0 Å². The minimum absolute atomic E-state index is 0.0927. The van der Waals surface area contributed by atoms with Crippen molar-refractivity contribution in [3.63, 3.8) is 0 Å². The first kappa shape index (κ1) is 13.7. The molecule has 2 heterocycles. The Morgan fingerprint density at radius 1 is 1.42 bits per heavy atom. The Balaban J connectivity index is 2.07. The number of carbonyl (C=O) groups is 1. The van der Waals surface area contributed by atoms with E-state index in [0.717, 1.165) is 16.8 Å². The van der Waals surface area contributed by atoms with E-state index in [4.69, 9.17) is 0 Å². The van der Waals surface area contributed by atoms with Crippen LogP contribution in [-0.2, 0) is 11.3 Å². The fourth-order valence-corrected chi connectivity index (χ4v) is 2.52. The summed E-state index contributed by atoms with van der Waals surface area (Å²) in [7, 11) is 0. The molecule has 0 saturated carbocycles. The number of carbonyl (C=O) groups excluding carboxylic acids is 1. The molecule has 0 radical (unpaired) electrons. The molecular formula is C15H18N2OS. The molecule has 3 nitrogen and oxygen atoms in total. The Morgan fingerprint density at radius 3 is 2.95 bits per heavy atom. The van der Waals surface area contributed by atoms with E-state index in [9.17, 15) is 4.79 Å². The molecule has 2 aromatic rings. The Bertz CT molecular complexity index is 535. The predicted molar refractivity (Wildman–Crippen MR) is 78.9 cm³/mol. The predicted octanol–water partition coefficient (Wildman–Crippen LogP) is 3.47. The topological polar surface area (TPSA) is 42.0 Å². The van der Waals surface area contributed by atoms with Gasteiger partial charge in [-0.1, -0.05) is 19.9 Å². The Morgan fingerprint density at radius 2 is 2.26 bits per heavy atom. The fourth-order valence-electron chi connectivity index (χ4n) is 1.88. The van der Waals surface area contributed by atoms with Crippen LogP contribution in [0.1, 0.15) is 25.8 Å². The highest BCUT2D eigenvalue weighted by Gasteiger charge is 2.09. The quantitative estimate of drug-likeness (QED) is 0.907. The first-order chi connectivity index (χ1) is 9.16. The summed E-state index contributed by atoms with van der Waals surface area (Å²) in [6, 6.07) is 5.96. The molecule has 0 saturated heterocycles. The highest BCUT2D eigenvalue weighted by Crippen LogP contribution is 2.23. The first-order valence-corrected chi connectivity index (χ1v) is 7.34. The number of aromatic nitrogens is 1. The lowest BCUT2D eigenvalue weighted by atomic mass is 10.1. The van der Waals surface area contributed by atoms with Gasteiger partial charge in [0.2, 0.25) is 5.91 Å². The van der Waals surface area contributed by atoms with Crippen molar-refractivity contribution in [2.45, 2.75) is 26.8 Å². The zero-order valence-electron chi connectivity index (χ0n) is 11.2. The molecule has 0 aliphatic carbocycles. The van der Waals surface area contributed by atoms with Gasteiger partial charge in [0.15, 0.2) is 0 Å². The van der Waals surface area contributed by atoms with Crippen molar-refractivity contribution in [3.05, 3.63) is 40.7 Å². The van der Waals surface area contributed by atoms with E-state index in [1.54, 1.807) is 17.5 Å². The molecule has 1 amide bonds. The third-order valence-electron chi connectivity index (χ3n) is 2.76. The molecule has 4 heteroatoms. The van der Waals surface area contributed by atoms with Crippen LogP contribution in [0.4, 0.5) is 0 Å². The van der Waals surface area contributed by atoms with Crippen LogP contribution in [0.3, 0.4) is 0 Å². The molecule has 0 aliphatic rings. The SMILES string of the molecule is CC(C)CC(=O)NCc1cccnc1-c1ccsc1. The van der Waals surface area contributed by atoms with Crippen molar-refractivity contribution < 1.29 is 4.79 Å². The monoisotopic (exact) mass is 274 g/mol. The summed E-state index contributed by atoms with van der Waals surface area (Å²) in [6.07, 6.45) is 2.35. The van der Waals surface area contributed by atoms with Gasteiger partial charge in [-0.25, -0.2) is 0 Å². The van der Waals surface area contributed by atoms with E-state index in [1.807, 2.05) is 37.4 Å². The van der Waals surface area contributed by atoms with Gasteiger partial charge in [-0.15, -0.1) is 0 Å². The Kier molecular flexibility index (Phi) is 4.68. The van der Waals surface area contributed by atoms with Gasteiger partial charge >= 0.3 is 0 Å². The van der Waals surface area contributed by atoms with Gasteiger partial charge in [0.05, 0.1) is 5.69 Å². The second-order valence-corrected chi connectivity index (χ2v) is 5.68.